The number of fused-ring (bicyclic) bond motifs is 1. The fourth-order valence-corrected chi connectivity index (χ4v) is 2.18. The van der Waals surface area contributed by atoms with Gasteiger partial charge in [-0.15, -0.1) is 0 Å². The maximum absolute atomic E-state index is 12.9. The Labute approximate surface area is 83.3 Å². The second-order valence-corrected chi connectivity index (χ2v) is 3.85. The minimum absolute atomic E-state index is 0.183. The molecule has 0 bridgehead atoms. The number of anilines is 1. The summed E-state index contributed by atoms with van der Waals surface area (Å²) in [5, 5.41) is 3.28. The van der Waals surface area contributed by atoms with Crippen molar-refractivity contribution in [3.63, 3.8) is 0 Å². The number of nitrogens with two attached hydrogens (primary N) is 1. The van der Waals surface area contributed by atoms with Gasteiger partial charge in [-0.2, -0.15) is 0 Å². The van der Waals surface area contributed by atoms with Gasteiger partial charge in [-0.05, 0) is 37.6 Å². The molecule has 1 heterocycles. The van der Waals surface area contributed by atoms with Gasteiger partial charge in [-0.1, -0.05) is 6.07 Å². The van der Waals surface area contributed by atoms with E-state index in [-0.39, 0.29) is 5.82 Å². The molecule has 0 spiro atoms. The first-order chi connectivity index (χ1) is 6.72. The van der Waals surface area contributed by atoms with E-state index in [4.69, 9.17) is 5.73 Å². The van der Waals surface area contributed by atoms with E-state index in [1.807, 2.05) is 6.07 Å². The van der Waals surface area contributed by atoms with Crippen LogP contribution in [0.15, 0.2) is 18.2 Å². The zero-order valence-electron chi connectivity index (χ0n) is 8.26. The van der Waals surface area contributed by atoms with Crippen LogP contribution in [0, 0.1) is 5.82 Å². The third-order valence-electron chi connectivity index (χ3n) is 2.88. The van der Waals surface area contributed by atoms with E-state index in [1.54, 1.807) is 6.07 Å². The maximum atomic E-state index is 12.9. The van der Waals surface area contributed by atoms with Crippen molar-refractivity contribution in [1.82, 2.24) is 0 Å². The summed E-state index contributed by atoms with van der Waals surface area (Å²) in [5.74, 6) is 0.243. The molecule has 0 fully saturated rings. The summed E-state index contributed by atoms with van der Waals surface area (Å²) in [6.07, 6.45) is 0.951. The summed E-state index contributed by atoms with van der Waals surface area (Å²) in [7, 11) is 0. The van der Waals surface area contributed by atoms with E-state index in [2.05, 4.69) is 12.2 Å². The standard InChI is InChI=1S/C11H15FN2/c1-7-9(4-5-13)10-3-2-8(12)6-11(10)14-7/h2-3,6-7,9,14H,4-5,13H2,1H3. The highest BCUT2D eigenvalue weighted by molar-refractivity contribution is 5.59. The van der Waals surface area contributed by atoms with Gasteiger partial charge in [0, 0.05) is 17.6 Å². The number of halogens is 1. The molecule has 1 aromatic rings. The van der Waals surface area contributed by atoms with Crippen LogP contribution in [0.1, 0.15) is 24.8 Å². The van der Waals surface area contributed by atoms with E-state index in [1.165, 1.54) is 11.6 Å². The molecule has 2 nitrogen and oxygen atoms in total. The first-order valence-electron chi connectivity index (χ1n) is 4.98. The number of hydrogen-bond acceptors (Lipinski definition) is 2. The first kappa shape index (κ1) is 9.46. The van der Waals surface area contributed by atoms with Crippen LogP contribution < -0.4 is 11.1 Å². The predicted molar refractivity (Wildman–Crippen MR) is 55.9 cm³/mol. The fraction of sp³-hybridized carbons (Fsp3) is 0.455. The molecule has 76 valence electrons. The Morgan fingerprint density at radius 1 is 1.50 bits per heavy atom. The van der Waals surface area contributed by atoms with Crippen LogP contribution >= 0.6 is 0 Å². The summed E-state index contributed by atoms with van der Waals surface area (Å²) >= 11 is 0. The second-order valence-electron chi connectivity index (χ2n) is 3.85. The Hall–Kier alpha value is -1.09. The molecule has 1 aliphatic heterocycles. The van der Waals surface area contributed by atoms with E-state index in [0.717, 1.165) is 12.1 Å². The fourth-order valence-electron chi connectivity index (χ4n) is 2.18. The Morgan fingerprint density at radius 2 is 2.29 bits per heavy atom. The lowest BCUT2D eigenvalue weighted by atomic mass is 9.93. The molecule has 1 aromatic carbocycles. The molecule has 0 amide bonds. The van der Waals surface area contributed by atoms with Crippen molar-refractivity contribution >= 4 is 5.69 Å². The Morgan fingerprint density at radius 3 is 3.00 bits per heavy atom. The van der Waals surface area contributed by atoms with Crippen molar-refractivity contribution in [3.8, 4) is 0 Å². The molecule has 14 heavy (non-hydrogen) atoms. The van der Waals surface area contributed by atoms with Crippen molar-refractivity contribution in [3.05, 3.63) is 29.6 Å². The maximum Gasteiger partial charge on any atom is 0.125 e. The molecule has 0 saturated carbocycles. The molecule has 0 aromatic heterocycles. The number of rotatable bonds is 2. The van der Waals surface area contributed by atoms with Gasteiger partial charge in [0.1, 0.15) is 5.82 Å². The predicted octanol–water partition coefficient (Wildman–Crippen LogP) is 2.07. The second kappa shape index (κ2) is 3.58. The Kier molecular flexibility index (Phi) is 2.42. The van der Waals surface area contributed by atoms with Gasteiger partial charge in [0.25, 0.3) is 0 Å². The van der Waals surface area contributed by atoms with Crippen molar-refractivity contribution in [2.24, 2.45) is 5.73 Å². The van der Waals surface area contributed by atoms with Gasteiger partial charge in [0.2, 0.25) is 0 Å². The average molecular weight is 194 g/mol. The van der Waals surface area contributed by atoms with Crippen LogP contribution in [0.3, 0.4) is 0 Å². The monoisotopic (exact) mass is 194 g/mol. The van der Waals surface area contributed by atoms with Gasteiger partial charge in [-0.3, -0.25) is 0 Å². The van der Waals surface area contributed by atoms with Crippen molar-refractivity contribution in [1.29, 1.82) is 0 Å². The van der Waals surface area contributed by atoms with Gasteiger partial charge in [-0.25, -0.2) is 4.39 Å². The number of benzene rings is 1. The molecule has 2 rings (SSSR count). The zero-order valence-corrected chi connectivity index (χ0v) is 8.26. The lowest BCUT2D eigenvalue weighted by molar-refractivity contribution is 0.590. The average Bonchev–Trinajstić information content (AvgIpc) is 2.43. The summed E-state index contributed by atoms with van der Waals surface area (Å²) in [6, 6.07) is 5.29. The van der Waals surface area contributed by atoms with Gasteiger partial charge < -0.3 is 11.1 Å². The third-order valence-corrected chi connectivity index (χ3v) is 2.88. The van der Waals surface area contributed by atoms with Crippen LogP contribution in [-0.4, -0.2) is 12.6 Å². The van der Waals surface area contributed by atoms with Gasteiger partial charge >= 0.3 is 0 Å². The third kappa shape index (κ3) is 1.48. The Bertz CT molecular complexity index is 338. The lowest BCUT2D eigenvalue weighted by Gasteiger charge is -2.14. The first-order valence-corrected chi connectivity index (χ1v) is 4.98. The topological polar surface area (TPSA) is 38.0 Å². The van der Waals surface area contributed by atoms with Crippen LogP contribution in [0.4, 0.5) is 10.1 Å². The molecule has 0 radical (unpaired) electrons. The van der Waals surface area contributed by atoms with Crippen LogP contribution in [0.25, 0.3) is 0 Å². The molecule has 0 saturated heterocycles. The SMILES string of the molecule is CC1Nc2cc(F)ccc2C1CCN. The molecule has 0 aliphatic carbocycles. The molecule has 3 N–H and O–H groups in total. The highest BCUT2D eigenvalue weighted by Gasteiger charge is 2.28. The van der Waals surface area contributed by atoms with Crippen molar-refractivity contribution in [2.75, 3.05) is 11.9 Å². The van der Waals surface area contributed by atoms with Crippen molar-refractivity contribution in [2.45, 2.75) is 25.3 Å². The molecule has 1 aliphatic rings. The molecular weight excluding hydrogens is 179 g/mol. The van der Waals surface area contributed by atoms with E-state index in [0.29, 0.717) is 18.5 Å². The molecule has 3 heteroatoms. The van der Waals surface area contributed by atoms with E-state index >= 15 is 0 Å². The van der Waals surface area contributed by atoms with Crippen molar-refractivity contribution < 1.29 is 4.39 Å². The lowest BCUT2D eigenvalue weighted by Crippen LogP contribution is -2.18. The number of hydrogen-bond donors (Lipinski definition) is 2. The van der Waals surface area contributed by atoms with E-state index < -0.39 is 0 Å². The van der Waals surface area contributed by atoms with Crippen LogP contribution in [-0.2, 0) is 0 Å². The highest BCUT2D eigenvalue weighted by Crippen LogP contribution is 2.37. The minimum Gasteiger partial charge on any atom is -0.382 e. The summed E-state index contributed by atoms with van der Waals surface area (Å²) in [4.78, 5) is 0. The molecular formula is C11H15FN2. The summed E-state index contributed by atoms with van der Waals surface area (Å²) in [6.45, 7) is 2.78. The van der Waals surface area contributed by atoms with Gasteiger partial charge in [0.05, 0.1) is 0 Å². The van der Waals surface area contributed by atoms with Crippen LogP contribution in [0.5, 0.6) is 0 Å². The quantitative estimate of drug-likeness (QED) is 0.756. The number of nitrogens with one attached hydrogen (secondary N) is 1. The summed E-state index contributed by atoms with van der Waals surface area (Å²) < 4.78 is 12.9. The largest absolute Gasteiger partial charge is 0.382 e. The molecule has 2 unspecified atom stereocenters. The summed E-state index contributed by atoms with van der Waals surface area (Å²) in [5.41, 5.74) is 7.68. The smallest absolute Gasteiger partial charge is 0.125 e. The Balaban J connectivity index is 2.33. The highest BCUT2D eigenvalue weighted by atomic mass is 19.1. The normalized spacial score (nSPS) is 24.5. The van der Waals surface area contributed by atoms with E-state index in [9.17, 15) is 4.39 Å². The van der Waals surface area contributed by atoms with Crippen LogP contribution in [0.2, 0.25) is 0 Å². The van der Waals surface area contributed by atoms with Gasteiger partial charge in [0.15, 0.2) is 0 Å². The minimum atomic E-state index is -0.183. The zero-order chi connectivity index (χ0) is 10.1. The molecule has 2 atom stereocenters.